The third-order valence-electron chi connectivity index (χ3n) is 4.98. The Morgan fingerprint density at radius 1 is 1.04 bits per heavy atom. The van der Waals surface area contributed by atoms with Crippen molar-refractivity contribution >= 4 is 17.7 Å². The molecule has 0 aliphatic carbocycles. The summed E-state index contributed by atoms with van der Waals surface area (Å²) in [6.45, 7) is 6.53. The first kappa shape index (κ1) is 17.6. The van der Waals surface area contributed by atoms with Crippen LogP contribution >= 0.6 is 0 Å². The van der Waals surface area contributed by atoms with Gasteiger partial charge in [-0.2, -0.15) is 0 Å². The van der Waals surface area contributed by atoms with Crippen LogP contribution in [0.2, 0.25) is 0 Å². The molecule has 2 aliphatic rings. The SMILES string of the molecule is CCOC(=O)[C@H]1CCCN(C(=O)N2CCN(c3ccccc3)CC2)C1. The molecular formula is C19H27N3O3. The average Bonchev–Trinajstić information content (AvgIpc) is 2.68. The third kappa shape index (κ3) is 4.24. The molecule has 1 aromatic rings. The lowest BCUT2D eigenvalue weighted by Crippen LogP contribution is -2.55. The van der Waals surface area contributed by atoms with Crippen LogP contribution in [0, 0.1) is 5.92 Å². The van der Waals surface area contributed by atoms with E-state index in [1.54, 1.807) is 0 Å². The number of amides is 2. The van der Waals surface area contributed by atoms with Crippen molar-refractivity contribution in [3.05, 3.63) is 30.3 Å². The van der Waals surface area contributed by atoms with Crippen LogP contribution in [-0.4, -0.2) is 67.7 Å². The van der Waals surface area contributed by atoms with Gasteiger partial charge in [0.25, 0.3) is 0 Å². The van der Waals surface area contributed by atoms with E-state index in [1.807, 2.05) is 34.9 Å². The summed E-state index contributed by atoms with van der Waals surface area (Å²) in [5.41, 5.74) is 1.20. The number of nitrogens with zero attached hydrogens (tertiary/aromatic N) is 3. The van der Waals surface area contributed by atoms with E-state index in [1.165, 1.54) is 5.69 Å². The van der Waals surface area contributed by atoms with Crippen molar-refractivity contribution in [2.45, 2.75) is 19.8 Å². The third-order valence-corrected chi connectivity index (χ3v) is 4.98. The van der Waals surface area contributed by atoms with Gasteiger partial charge in [0, 0.05) is 45.0 Å². The Morgan fingerprint density at radius 3 is 2.44 bits per heavy atom. The number of para-hydroxylation sites is 1. The van der Waals surface area contributed by atoms with Gasteiger partial charge in [-0.05, 0) is 31.9 Å². The van der Waals surface area contributed by atoms with Crippen LogP contribution in [0.4, 0.5) is 10.5 Å². The Morgan fingerprint density at radius 2 is 1.76 bits per heavy atom. The summed E-state index contributed by atoms with van der Waals surface area (Å²) in [6, 6.07) is 10.4. The summed E-state index contributed by atoms with van der Waals surface area (Å²) in [4.78, 5) is 30.8. The monoisotopic (exact) mass is 345 g/mol. The van der Waals surface area contributed by atoms with Gasteiger partial charge < -0.3 is 19.4 Å². The number of esters is 1. The van der Waals surface area contributed by atoms with Gasteiger partial charge in [0.2, 0.25) is 0 Å². The second-order valence-corrected chi connectivity index (χ2v) is 6.63. The molecule has 2 amide bonds. The molecule has 2 saturated heterocycles. The molecule has 0 bridgehead atoms. The number of rotatable bonds is 3. The standard InChI is InChI=1S/C19H27N3O3/c1-2-25-18(23)16-7-6-10-22(15-16)19(24)21-13-11-20(12-14-21)17-8-4-3-5-9-17/h3-5,8-9,16H,2,6-7,10-15H2,1H3/t16-/m0/s1. The average molecular weight is 345 g/mol. The van der Waals surface area contributed by atoms with E-state index in [2.05, 4.69) is 17.0 Å². The van der Waals surface area contributed by atoms with Gasteiger partial charge in [-0.25, -0.2) is 4.79 Å². The predicted molar refractivity (Wildman–Crippen MR) is 96.6 cm³/mol. The number of benzene rings is 1. The van der Waals surface area contributed by atoms with E-state index in [0.29, 0.717) is 26.2 Å². The topological polar surface area (TPSA) is 53.1 Å². The van der Waals surface area contributed by atoms with Crippen molar-refractivity contribution in [3.8, 4) is 0 Å². The number of urea groups is 1. The summed E-state index contributed by atoms with van der Waals surface area (Å²) in [7, 11) is 0. The maximum Gasteiger partial charge on any atom is 0.320 e. The maximum absolute atomic E-state index is 12.8. The Balaban J connectivity index is 1.53. The van der Waals surface area contributed by atoms with Crippen LogP contribution in [0.25, 0.3) is 0 Å². The Labute approximate surface area is 149 Å². The largest absolute Gasteiger partial charge is 0.466 e. The first-order valence-electron chi connectivity index (χ1n) is 9.19. The van der Waals surface area contributed by atoms with Crippen LogP contribution in [-0.2, 0) is 9.53 Å². The molecule has 6 nitrogen and oxygen atoms in total. The number of hydrogen-bond donors (Lipinski definition) is 0. The van der Waals surface area contributed by atoms with Crippen LogP contribution < -0.4 is 4.90 Å². The number of piperidine rings is 1. The molecule has 25 heavy (non-hydrogen) atoms. The van der Waals surface area contributed by atoms with E-state index in [4.69, 9.17) is 4.74 Å². The number of carbonyl (C=O) groups is 2. The molecule has 0 spiro atoms. The van der Waals surface area contributed by atoms with Crippen LogP contribution in [0.5, 0.6) is 0 Å². The fraction of sp³-hybridized carbons (Fsp3) is 0.579. The molecule has 1 atom stereocenters. The number of hydrogen-bond acceptors (Lipinski definition) is 4. The molecule has 2 aliphatic heterocycles. The summed E-state index contributed by atoms with van der Waals surface area (Å²) in [5.74, 6) is -0.350. The highest BCUT2D eigenvalue weighted by Crippen LogP contribution is 2.21. The van der Waals surface area contributed by atoms with E-state index in [9.17, 15) is 9.59 Å². The lowest BCUT2D eigenvalue weighted by molar-refractivity contribution is -0.149. The quantitative estimate of drug-likeness (QED) is 0.788. The molecule has 2 heterocycles. The van der Waals surface area contributed by atoms with Crippen LogP contribution in [0.3, 0.4) is 0 Å². The summed E-state index contributed by atoms with van der Waals surface area (Å²) in [6.07, 6.45) is 1.67. The highest BCUT2D eigenvalue weighted by atomic mass is 16.5. The van der Waals surface area contributed by atoms with Gasteiger partial charge in [0.15, 0.2) is 0 Å². The first-order chi connectivity index (χ1) is 12.2. The molecular weight excluding hydrogens is 318 g/mol. The van der Waals surface area contributed by atoms with Gasteiger partial charge in [0.1, 0.15) is 0 Å². The Bertz CT molecular complexity index is 585. The minimum atomic E-state index is -0.178. The van der Waals surface area contributed by atoms with Crippen molar-refractivity contribution in [1.82, 2.24) is 9.80 Å². The number of piperazine rings is 1. The molecule has 0 aromatic heterocycles. The second-order valence-electron chi connectivity index (χ2n) is 6.63. The first-order valence-corrected chi connectivity index (χ1v) is 9.19. The van der Waals surface area contributed by atoms with E-state index >= 15 is 0 Å². The lowest BCUT2D eigenvalue weighted by Gasteiger charge is -2.40. The van der Waals surface area contributed by atoms with Gasteiger partial charge in [-0.1, -0.05) is 18.2 Å². The van der Waals surface area contributed by atoms with E-state index in [-0.39, 0.29) is 17.9 Å². The molecule has 0 radical (unpaired) electrons. The number of anilines is 1. The molecule has 0 N–H and O–H groups in total. The smallest absolute Gasteiger partial charge is 0.320 e. The summed E-state index contributed by atoms with van der Waals surface area (Å²) >= 11 is 0. The van der Waals surface area contributed by atoms with Gasteiger partial charge in [-0.3, -0.25) is 4.79 Å². The summed E-state index contributed by atoms with van der Waals surface area (Å²) < 4.78 is 5.12. The zero-order valence-electron chi connectivity index (χ0n) is 14.9. The molecule has 1 aromatic carbocycles. The zero-order valence-corrected chi connectivity index (χ0v) is 14.9. The number of likely N-dealkylation sites (tertiary alicyclic amines) is 1. The number of ether oxygens (including phenoxy) is 1. The lowest BCUT2D eigenvalue weighted by atomic mass is 9.98. The molecule has 136 valence electrons. The molecule has 0 unspecified atom stereocenters. The normalized spacial score (nSPS) is 21.2. The molecule has 2 fully saturated rings. The predicted octanol–water partition coefficient (Wildman–Crippen LogP) is 2.20. The van der Waals surface area contributed by atoms with Crippen LogP contribution in [0.15, 0.2) is 30.3 Å². The molecule has 6 heteroatoms. The van der Waals surface area contributed by atoms with Crippen LogP contribution in [0.1, 0.15) is 19.8 Å². The minimum absolute atomic E-state index is 0.0571. The fourth-order valence-corrected chi connectivity index (χ4v) is 3.60. The van der Waals surface area contributed by atoms with Crippen molar-refractivity contribution in [3.63, 3.8) is 0 Å². The van der Waals surface area contributed by atoms with E-state index < -0.39 is 0 Å². The van der Waals surface area contributed by atoms with Gasteiger partial charge in [0.05, 0.1) is 12.5 Å². The minimum Gasteiger partial charge on any atom is -0.466 e. The van der Waals surface area contributed by atoms with Crippen molar-refractivity contribution in [2.75, 3.05) is 50.8 Å². The van der Waals surface area contributed by atoms with E-state index in [0.717, 1.165) is 32.5 Å². The molecule has 3 rings (SSSR count). The fourth-order valence-electron chi connectivity index (χ4n) is 3.60. The highest BCUT2D eigenvalue weighted by molar-refractivity contribution is 5.77. The summed E-state index contributed by atoms with van der Waals surface area (Å²) in [5, 5.41) is 0. The molecule has 0 saturated carbocycles. The van der Waals surface area contributed by atoms with Gasteiger partial charge >= 0.3 is 12.0 Å². The number of carbonyl (C=O) groups excluding carboxylic acids is 2. The Kier molecular flexibility index (Phi) is 5.79. The zero-order chi connectivity index (χ0) is 17.6. The van der Waals surface area contributed by atoms with Crippen molar-refractivity contribution < 1.29 is 14.3 Å². The second kappa shape index (κ2) is 8.23. The highest BCUT2D eigenvalue weighted by Gasteiger charge is 2.32. The maximum atomic E-state index is 12.8. The van der Waals surface area contributed by atoms with Crippen molar-refractivity contribution in [1.29, 1.82) is 0 Å². The van der Waals surface area contributed by atoms with Gasteiger partial charge in [-0.15, -0.1) is 0 Å². The Hall–Kier alpha value is -2.24. The van der Waals surface area contributed by atoms with Crippen molar-refractivity contribution in [2.24, 2.45) is 5.92 Å².